The van der Waals surface area contributed by atoms with Gasteiger partial charge in [0.1, 0.15) is 0 Å². The monoisotopic (exact) mass is 334 g/mol. The first-order valence-corrected chi connectivity index (χ1v) is 6.94. The minimum Gasteiger partial charge on any atom is -0.463 e. The van der Waals surface area contributed by atoms with Gasteiger partial charge in [0.15, 0.2) is 0 Å². The van der Waals surface area contributed by atoms with Gasteiger partial charge in [-0.1, -0.05) is 33.1 Å². The van der Waals surface area contributed by atoms with E-state index < -0.39 is 0 Å². The van der Waals surface area contributed by atoms with E-state index in [9.17, 15) is 0 Å². The van der Waals surface area contributed by atoms with E-state index in [1.807, 2.05) is 0 Å². The molecule has 0 aromatic carbocycles. The fourth-order valence-electron chi connectivity index (χ4n) is 1.47. The maximum atomic E-state index is 5.59. The predicted octanol–water partition coefficient (Wildman–Crippen LogP) is 3.68. The molecule has 0 aliphatic heterocycles. The summed E-state index contributed by atoms with van der Waals surface area (Å²) in [6.07, 6.45) is 8.46. The molecule has 3 nitrogen and oxygen atoms in total. The van der Waals surface area contributed by atoms with Crippen molar-refractivity contribution in [1.82, 2.24) is 9.97 Å². The molecule has 0 fully saturated rings. The molecule has 90 valence electrons. The Kier molecular flexibility index (Phi) is 6.68. The molecular weight excluding hydrogens is 315 g/mol. The molecule has 0 radical (unpaired) electrons. The van der Waals surface area contributed by atoms with Crippen molar-refractivity contribution in [3.05, 3.63) is 16.0 Å². The summed E-state index contributed by atoms with van der Waals surface area (Å²) in [4.78, 5) is 8.25. The van der Waals surface area contributed by atoms with Gasteiger partial charge in [-0.3, -0.25) is 0 Å². The Hall–Kier alpha value is -0.390. The fourth-order valence-corrected chi connectivity index (χ4v) is 1.74. The maximum Gasteiger partial charge on any atom is 0.316 e. The highest BCUT2D eigenvalue weighted by molar-refractivity contribution is 14.1. The predicted molar refractivity (Wildman–Crippen MR) is 73.6 cm³/mol. The highest BCUT2D eigenvalue weighted by Gasteiger charge is 2.07. The summed E-state index contributed by atoms with van der Waals surface area (Å²) in [6, 6.07) is 0.496. The van der Waals surface area contributed by atoms with Crippen molar-refractivity contribution in [2.45, 2.75) is 39.5 Å². The van der Waals surface area contributed by atoms with Crippen molar-refractivity contribution < 1.29 is 4.74 Å². The lowest BCUT2D eigenvalue weighted by atomic mass is 10.0. The molecule has 4 heteroatoms. The zero-order chi connectivity index (χ0) is 11.8. The van der Waals surface area contributed by atoms with E-state index in [0.29, 0.717) is 11.9 Å². The average molecular weight is 334 g/mol. The van der Waals surface area contributed by atoms with Crippen LogP contribution in [0.3, 0.4) is 0 Å². The van der Waals surface area contributed by atoms with Gasteiger partial charge in [0.05, 0.1) is 6.61 Å². The summed E-state index contributed by atoms with van der Waals surface area (Å²) in [6.45, 7) is 5.16. The van der Waals surface area contributed by atoms with E-state index in [2.05, 4.69) is 46.4 Å². The Morgan fingerprint density at radius 1 is 1.31 bits per heavy atom. The van der Waals surface area contributed by atoms with Crippen LogP contribution in [0.25, 0.3) is 0 Å². The Morgan fingerprint density at radius 2 is 2.00 bits per heavy atom. The molecular formula is C12H19IN2O. The van der Waals surface area contributed by atoms with Crippen molar-refractivity contribution in [2.75, 3.05) is 6.61 Å². The van der Waals surface area contributed by atoms with E-state index in [1.165, 1.54) is 19.3 Å². The minimum absolute atomic E-state index is 0.496. The third-order valence-corrected chi connectivity index (χ3v) is 3.15. The van der Waals surface area contributed by atoms with Crippen LogP contribution in [-0.2, 0) is 0 Å². The molecule has 1 rings (SSSR count). The average Bonchev–Trinajstić information content (AvgIpc) is 2.32. The molecule has 1 heterocycles. The summed E-state index contributed by atoms with van der Waals surface area (Å²) >= 11 is 2.18. The topological polar surface area (TPSA) is 35.0 Å². The second-order valence-corrected chi connectivity index (χ2v) is 5.16. The van der Waals surface area contributed by atoms with Crippen LogP contribution in [0.1, 0.15) is 39.5 Å². The van der Waals surface area contributed by atoms with Gasteiger partial charge >= 0.3 is 6.01 Å². The van der Waals surface area contributed by atoms with Gasteiger partial charge in [-0.05, 0) is 34.9 Å². The zero-order valence-corrected chi connectivity index (χ0v) is 12.1. The van der Waals surface area contributed by atoms with E-state index in [4.69, 9.17) is 4.74 Å². The Balaban J connectivity index is 2.34. The van der Waals surface area contributed by atoms with Crippen LogP contribution in [0.15, 0.2) is 12.4 Å². The van der Waals surface area contributed by atoms with Gasteiger partial charge in [-0.25, -0.2) is 9.97 Å². The SMILES string of the molecule is CCCCC(CC)COc1ncc(I)cn1. The molecule has 0 bridgehead atoms. The Labute approximate surface area is 111 Å². The minimum atomic E-state index is 0.496. The second-order valence-electron chi connectivity index (χ2n) is 3.91. The van der Waals surface area contributed by atoms with Crippen LogP contribution in [0.2, 0.25) is 0 Å². The number of hydrogen-bond donors (Lipinski definition) is 0. The van der Waals surface area contributed by atoms with Gasteiger partial charge in [-0.15, -0.1) is 0 Å². The van der Waals surface area contributed by atoms with E-state index in [0.717, 1.165) is 16.6 Å². The van der Waals surface area contributed by atoms with E-state index in [1.54, 1.807) is 12.4 Å². The second kappa shape index (κ2) is 7.81. The molecule has 0 spiro atoms. The van der Waals surface area contributed by atoms with Crippen LogP contribution in [0.4, 0.5) is 0 Å². The van der Waals surface area contributed by atoms with Crippen LogP contribution >= 0.6 is 22.6 Å². The third kappa shape index (κ3) is 5.09. The first-order valence-electron chi connectivity index (χ1n) is 5.86. The normalized spacial score (nSPS) is 12.4. The van der Waals surface area contributed by atoms with Gasteiger partial charge in [0, 0.05) is 16.0 Å². The molecule has 16 heavy (non-hydrogen) atoms. The maximum absolute atomic E-state index is 5.59. The van der Waals surface area contributed by atoms with Gasteiger partial charge in [0.2, 0.25) is 0 Å². The first-order chi connectivity index (χ1) is 7.76. The van der Waals surface area contributed by atoms with Crippen molar-refractivity contribution in [3.8, 4) is 6.01 Å². The van der Waals surface area contributed by atoms with Gasteiger partial charge in [-0.2, -0.15) is 0 Å². The molecule has 0 saturated heterocycles. The lowest BCUT2D eigenvalue weighted by Crippen LogP contribution is -2.12. The highest BCUT2D eigenvalue weighted by Crippen LogP contribution is 2.14. The van der Waals surface area contributed by atoms with Crippen LogP contribution < -0.4 is 4.74 Å². The standard InChI is InChI=1S/C12H19IN2O/c1-3-5-6-10(4-2)9-16-12-14-7-11(13)8-15-12/h7-8,10H,3-6,9H2,1-2H3. The zero-order valence-electron chi connectivity index (χ0n) is 9.95. The Morgan fingerprint density at radius 3 is 2.56 bits per heavy atom. The number of aromatic nitrogens is 2. The molecule has 0 aliphatic rings. The molecule has 0 amide bonds. The summed E-state index contributed by atoms with van der Waals surface area (Å²) in [5, 5.41) is 0. The van der Waals surface area contributed by atoms with E-state index >= 15 is 0 Å². The number of rotatable bonds is 7. The van der Waals surface area contributed by atoms with Crippen molar-refractivity contribution in [1.29, 1.82) is 0 Å². The van der Waals surface area contributed by atoms with Crippen LogP contribution in [0, 0.1) is 9.49 Å². The number of ether oxygens (including phenoxy) is 1. The lowest BCUT2D eigenvalue weighted by molar-refractivity contribution is 0.217. The highest BCUT2D eigenvalue weighted by atomic mass is 127. The summed E-state index contributed by atoms with van der Waals surface area (Å²) < 4.78 is 6.62. The van der Waals surface area contributed by atoms with Crippen molar-refractivity contribution in [2.24, 2.45) is 5.92 Å². The molecule has 1 unspecified atom stereocenters. The van der Waals surface area contributed by atoms with Crippen molar-refractivity contribution in [3.63, 3.8) is 0 Å². The molecule has 1 atom stereocenters. The molecule has 1 aromatic rings. The van der Waals surface area contributed by atoms with Crippen molar-refractivity contribution >= 4 is 22.6 Å². The summed E-state index contributed by atoms with van der Waals surface area (Å²) in [5.74, 6) is 0.628. The van der Waals surface area contributed by atoms with Gasteiger partial charge in [0.25, 0.3) is 0 Å². The molecule has 1 aromatic heterocycles. The number of hydrogen-bond acceptors (Lipinski definition) is 3. The smallest absolute Gasteiger partial charge is 0.316 e. The fraction of sp³-hybridized carbons (Fsp3) is 0.667. The largest absolute Gasteiger partial charge is 0.463 e. The number of unbranched alkanes of at least 4 members (excludes halogenated alkanes) is 1. The molecule has 0 aliphatic carbocycles. The number of nitrogens with zero attached hydrogens (tertiary/aromatic N) is 2. The lowest BCUT2D eigenvalue weighted by Gasteiger charge is -2.14. The van der Waals surface area contributed by atoms with Gasteiger partial charge < -0.3 is 4.74 Å². The van der Waals surface area contributed by atoms with Crippen LogP contribution in [0.5, 0.6) is 6.01 Å². The third-order valence-electron chi connectivity index (χ3n) is 2.59. The first kappa shape index (κ1) is 13.7. The summed E-state index contributed by atoms with van der Waals surface area (Å²) in [5.41, 5.74) is 0. The van der Waals surface area contributed by atoms with Crippen LogP contribution in [-0.4, -0.2) is 16.6 Å². The summed E-state index contributed by atoms with van der Waals surface area (Å²) in [7, 11) is 0. The number of halogens is 1. The molecule has 0 N–H and O–H groups in total. The quantitative estimate of drug-likeness (QED) is 0.714. The molecule has 0 saturated carbocycles. The van der Waals surface area contributed by atoms with E-state index in [-0.39, 0.29) is 0 Å². The Bertz CT molecular complexity index is 290.